The molecule has 4 amide bonds. The molecule has 4 rings (SSSR count). The number of nitrogens with zero attached hydrogens (tertiary/aromatic N) is 2. The first-order valence-corrected chi connectivity index (χ1v) is 10.6. The summed E-state index contributed by atoms with van der Waals surface area (Å²) in [5.74, 6) is -1.23. The standard InChI is InChI=1S/C22H24N6O4/c29-19(23-17-5-6-17)13-27-9-1-3-15(11-27)21(31)25-26-22(32)16-4-2-10-28(12-16)14-20(30)24-18-7-8-18/h1-4,9-12,17-18H,5-8,13-14H2,(H2-2,23,24,25,26,29,30,31,32)/p+2. The Morgan fingerprint density at radius 3 is 1.50 bits per heavy atom. The number of nitrogens with one attached hydrogen (secondary N) is 4. The zero-order chi connectivity index (χ0) is 22.5. The summed E-state index contributed by atoms with van der Waals surface area (Å²) < 4.78 is 3.22. The Hall–Kier alpha value is -3.82. The highest BCUT2D eigenvalue weighted by atomic mass is 16.2. The average molecular weight is 438 g/mol. The van der Waals surface area contributed by atoms with Gasteiger partial charge in [-0.1, -0.05) is 0 Å². The summed E-state index contributed by atoms with van der Waals surface area (Å²) in [4.78, 5) is 48.8. The molecule has 166 valence electrons. The van der Waals surface area contributed by atoms with Gasteiger partial charge in [0.15, 0.2) is 24.8 Å². The number of amides is 4. The Bertz CT molecular complexity index is 965. The lowest BCUT2D eigenvalue weighted by Crippen LogP contribution is -2.46. The van der Waals surface area contributed by atoms with E-state index in [1.165, 1.54) is 0 Å². The molecule has 0 bridgehead atoms. The van der Waals surface area contributed by atoms with Gasteiger partial charge in [-0.05, 0) is 37.8 Å². The van der Waals surface area contributed by atoms with Crippen molar-refractivity contribution in [1.29, 1.82) is 0 Å². The summed E-state index contributed by atoms with van der Waals surface area (Å²) >= 11 is 0. The lowest BCUT2D eigenvalue weighted by atomic mass is 10.2. The van der Waals surface area contributed by atoms with E-state index in [1.807, 2.05) is 0 Å². The van der Waals surface area contributed by atoms with Crippen molar-refractivity contribution in [3.8, 4) is 0 Å². The van der Waals surface area contributed by atoms with Crippen molar-refractivity contribution >= 4 is 23.6 Å². The van der Waals surface area contributed by atoms with Crippen molar-refractivity contribution < 1.29 is 28.3 Å². The monoisotopic (exact) mass is 438 g/mol. The van der Waals surface area contributed by atoms with Crippen molar-refractivity contribution in [2.75, 3.05) is 0 Å². The maximum Gasteiger partial charge on any atom is 0.286 e. The van der Waals surface area contributed by atoms with E-state index in [1.54, 1.807) is 58.2 Å². The van der Waals surface area contributed by atoms with Gasteiger partial charge in [0.1, 0.15) is 11.1 Å². The van der Waals surface area contributed by atoms with Gasteiger partial charge in [0, 0.05) is 24.2 Å². The van der Waals surface area contributed by atoms with Crippen molar-refractivity contribution in [2.24, 2.45) is 0 Å². The molecule has 0 aliphatic heterocycles. The third kappa shape index (κ3) is 6.34. The molecule has 0 unspecified atom stereocenters. The molecule has 32 heavy (non-hydrogen) atoms. The third-order valence-corrected chi connectivity index (χ3v) is 5.07. The van der Waals surface area contributed by atoms with Gasteiger partial charge in [0.2, 0.25) is 13.1 Å². The summed E-state index contributed by atoms with van der Waals surface area (Å²) in [6.45, 7) is 0.227. The number of rotatable bonds is 8. The van der Waals surface area contributed by atoms with Crippen molar-refractivity contribution in [3.05, 3.63) is 60.2 Å². The fourth-order valence-corrected chi connectivity index (χ4v) is 3.10. The topological polar surface area (TPSA) is 124 Å². The van der Waals surface area contributed by atoms with Crippen LogP contribution < -0.4 is 30.6 Å². The normalized spacial score (nSPS) is 14.9. The first kappa shape index (κ1) is 21.4. The molecule has 10 heteroatoms. The van der Waals surface area contributed by atoms with Gasteiger partial charge in [-0.25, -0.2) is 0 Å². The van der Waals surface area contributed by atoms with Crippen LogP contribution in [0.5, 0.6) is 0 Å². The van der Waals surface area contributed by atoms with E-state index in [2.05, 4.69) is 21.5 Å². The number of pyridine rings is 2. The highest BCUT2D eigenvalue weighted by molar-refractivity contribution is 5.98. The molecule has 2 aliphatic carbocycles. The zero-order valence-corrected chi connectivity index (χ0v) is 17.5. The molecular formula is C22H26N6O4+2. The Labute approximate surface area is 185 Å². The van der Waals surface area contributed by atoms with Crippen LogP contribution in [-0.4, -0.2) is 35.7 Å². The fraction of sp³-hybridized carbons (Fsp3) is 0.364. The van der Waals surface area contributed by atoms with Crippen molar-refractivity contribution in [1.82, 2.24) is 21.5 Å². The molecular weight excluding hydrogens is 412 g/mol. The number of aromatic nitrogens is 2. The zero-order valence-electron chi connectivity index (χ0n) is 17.5. The van der Waals surface area contributed by atoms with Gasteiger partial charge in [0.25, 0.3) is 23.6 Å². The maximum atomic E-state index is 12.4. The Balaban J connectivity index is 1.29. The minimum Gasteiger partial charge on any atom is -0.348 e. The molecule has 2 aromatic rings. The second-order valence-corrected chi connectivity index (χ2v) is 8.12. The van der Waals surface area contributed by atoms with Gasteiger partial charge in [-0.3, -0.25) is 30.0 Å². The van der Waals surface area contributed by atoms with Crippen LogP contribution in [0.15, 0.2) is 49.1 Å². The molecule has 2 aliphatic rings. The molecule has 2 heterocycles. The SMILES string of the molecule is O=C(C[n+]1cccc(C(=O)NNC(=O)c2ccc[n+](CC(=O)NC3CC3)c2)c1)NC1CC1. The number of hydrogen-bond acceptors (Lipinski definition) is 4. The van der Waals surface area contributed by atoms with Gasteiger partial charge in [-0.2, -0.15) is 9.13 Å². The van der Waals surface area contributed by atoms with E-state index >= 15 is 0 Å². The Morgan fingerprint density at radius 1 is 0.719 bits per heavy atom. The summed E-state index contributed by atoms with van der Waals surface area (Å²) in [5, 5.41) is 5.79. The molecule has 0 aromatic carbocycles. The van der Waals surface area contributed by atoms with Crippen LogP contribution in [0.3, 0.4) is 0 Å². The minimum absolute atomic E-state index is 0.105. The Kier molecular flexibility index (Phi) is 6.39. The summed E-state index contributed by atoms with van der Waals surface area (Å²) in [7, 11) is 0. The number of hydrogen-bond donors (Lipinski definition) is 4. The molecule has 10 nitrogen and oxygen atoms in total. The third-order valence-electron chi connectivity index (χ3n) is 5.07. The molecule has 4 N–H and O–H groups in total. The number of carbonyl (C=O) groups excluding carboxylic acids is 4. The molecule has 2 aromatic heterocycles. The second-order valence-electron chi connectivity index (χ2n) is 8.12. The smallest absolute Gasteiger partial charge is 0.286 e. The van der Waals surface area contributed by atoms with E-state index < -0.39 is 11.8 Å². The van der Waals surface area contributed by atoms with Crippen LogP contribution in [0.4, 0.5) is 0 Å². The van der Waals surface area contributed by atoms with Gasteiger partial charge in [-0.15, -0.1) is 0 Å². The lowest BCUT2D eigenvalue weighted by molar-refractivity contribution is -0.684. The van der Waals surface area contributed by atoms with Crippen molar-refractivity contribution in [2.45, 2.75) is 50.9 Å². The van der Waals surface area contributed by atoms with Crippen LogP contribution in [0.25, 0.3) is 0 Å². The van der Waals surface area contributed by atoms with Gasteiger partial charge >= 0.3 is 0 Å². The molecule has 2 fully saturated rings. The van der Waals surface area contributed by atoms with Crippen LogP contribution in [0, 0.1) is 0 Å². The minimum atomic E-state index is -0.511. The van der Waals surface area contributed by atoms with E-state index in [9.17, 15) is 19.2 Å². The second kappa shape index (κ2) is 9.54. The van der Waals surface area contributed by atoms with Crippen LogP contribution in [0.2, 0.25) is 0 Å². The first-order valence-electron chi connectivity index (χ1n) is 10.6. The largest absolute Gasteiger partial charge is 0.348 e. The molecule has 2 saturated carbocycles. The first-order chi connectivity index (χ1) is 15.5. The highest BCUT2D eigenvalue weighted by Gasteiger charge is 2.26. The molecule has 0 radical (unpaired) electrons. The van der Waals surface area contributed by atoms with Crippen molar-refractivity contribution in [3.63, 3.8) is 0 Å². The van der Waals surface area contributed by atoms with Gasteiger partial charge < -0.3 is 10.6 Å². The number of carbonyl (C=O) groups is 4. The molecule has 0 spiro atoms. The van der Waals surface area contributed by atoms with Gasteiger partial charge in [0.05, 0.1) is 0 Å². The van der Waals surface area contributed by atoms with E-state index in [0.717, 1.165) is 25.7 Å². The maximum absolute atomic E-state index is 12.4. The number of hydrazine groups is 1. The predicted octanol–water partition coefficient (Wildman–Crippen LogP) is -1.11. The average Bonchev–Trinajstić information content (AvgIpc) is 3.70. The van der Waals surface area contributed by atoms with E-state index in [-0.39, 0.29) is 37.0 Å². The summed E-state index contributed by atoms with van der Waals surface area (Å²) in [6, 6.07) is 7.04. The predicted molar refractivity (Wildman–Crippen MR) is 111 cm³/mol. The van der Waals surface area contributed by atoms with Crippen LogP contribution >= 0.6 is 0 Å². The highest BCUT2D eigenvalue weighted by Crippen LogP contribution is 2.18. The lowest BCUT2D eigenvalue weighted by Gasteiger charge is -2.07. The van der Waals surface area contributed by atoms with E-state index in [0.29, 0.717) is 11.1 Å². The molecule has 0 atom stereocenters. The van der Waals surface area contributed by atoms with Crippen LogP contribution in [-0.2, 0) is 22.7 Å². The molecule has 0 saturated heterocycles. The fourth-order valence-electron chi connectivity index (χ4n) is 3.10. The quantitative estimate of drug-likeness (QED) is 0.308. The van der Waals surface area contributed by atoms with Crippen LogP contribution in [0.1, 0.15) is 46.4 Å². The Morgan fingerprint density at radius 2 is 1.12 bits per heavy atom. The van der Waals surface area contributed by atoms with E-state index in [4.69, 9.17) is 0 Å². The summed E-state index contributed by atoms with van der Waals surface area (Å²) in [5.41, 5.74) is 5.34. The summed E-state index contributed by atoms with van der Waals surface area (Å²) in [6.07, 6.45) is 10.5.